The van der Waals surface area contributed by atoms with E-state index < -0.39 is 0 Å². The van der Waals surface area contributed by atoms with Crippen LogP contribution in [0.4, 0.5) is 10.7 Å². The van der Waals surface area contributed by atoms with Crippen molar-refractivity contribution in [2.45, 2.75) is 33.2 Å². The highest BCUT2D eigenvalue weighted by Crippen LogP contribution is 2.23. The minimum absolute atomic E-state index is 0.300. The molecule has 0 aromatic carbocycles. The highest BCUT2D eigenvalue weighted by atomic mass is 35.5. The van der Waals surface area contributed by atoms with Gasteiger partial charge in [0.2, 0.25) is 5.95 Å². The number of hydrogen-bond acceptors (Lipinski definition) is 5. The number of thiazole rings is 1. The number of rotatable bonds is 6. The van der Waals surface area contributed by atoms with Crippen LogP contribution in [0.2, 0.25) is 4.34 Å². The van der Waals surface area contributed by atoms with E-state index in [9.17, 15) is 4.79 Å². The molecule has 0 aliphatic heterocycles. The van der Waals surface area contributed by atoms with Gasteiger partial charge in [-0.1, -0.05) is 18.5 Å². The molecular weight excluding hydrogens is 312 g/mol. The normalized spacial score (nSPS) is 10.6. The van der Waals surface area contributed by atoms with Gasteiger partial charge in [0, 0.05) is 19.5 Å². The fourth-order valence-electron chi connectivity index (χ4n) is 1.66. The summed E-state index contributed by atoms with van der Waals surface area (Å²) in [6, 6.07) is -0.330. The molecule has 0 spiro atoms. The maximum atomic E-state index is 11.7. The molecule has 0 atom stereocenters. The Morgan fingerprint density at radius 2 is 2.33 bits per heavy atom. The smallest absolute Gasteiger partial charge is 0.321 e. The number of hydrogen-bond donors (Lipinski definition) is 2. The Labute approximate surface area is 131 Å². The van der Waals surface area contributed by atoms with Crippen LogP contribution >= 0.6 is 22.9 Å². The molecule has 2 heterocycles. The summed E-state index contributed by atoms with van der Waals surface area (Å²) in [5.74, 6) is 0.300. The van der Waals surface area contributed by atoms with Gasteiger partial charge in [-0.3, -0.25) is 10.00 Å². The van der Waals surface area contributed by atoms with Crippen molar-refractivity contribution >= 4 is 34.9 Å². The summed E-state index contributed by atoms with van der Waals surface area (Å²) < 4.78 is 2.38. The minimum Gasteiger partial charge on any atom is -0.337 e. The lowest BCUT2D eigenvalue weighted by molar-refractivity contribution is 0.252. The molecular formula is C12H17ClN6OS. The number of carbonyl (C=O) groups excluding carboxylic acids is 1. The zero-order chi connectivity index (χ0) is 15.2. The monoisotopic (exact) mass is 328 g/mol. The van der Waals surface area contributed by atoms with E-state index >= 15 is 0 Å². The quantitative estimate of drug-likeness (QED) is 0.853. The second kappa shape index (κ2) is 7.37. The lowest BCUT2D eigenvalue weighted by Crippen LogP contribution is -2.30. The van der Waals surface area contributed by atoms with Gasteiger partial charge in [0.25, 0.3) is 0 Å². The average Bonchev–Trinajstić information content (AvgIpc) is 2.98. The summed E-state index contributed by atoms with van der Waals surface area (Å²) >= 11 is 7.38. The van der Waals surface area contributed by atoms with Crippen LogP contribution in [0.25, 0.3) is 0 Å². The molecule has 9 heteroatoms. The fourth-order valence-corrected chi connectivity index (χ4v) is 2.75. The number of anilines is 1. The number of nitrogens with one attached hydrogen (secondary N) is 2. The number of halogens is 1. The third kappa shape index (κ3) is 4.68. The second-order valence-corrected chi connectivity index (χ2v) is 6.11. The third-order valence-electron chi connectivity index (χ3n) is 2.62. The Bertz CT molecular complexity index is 591. The van der Waals surface area contributed by atoms with Gasteiger partial charge in [0.15, 0.2) is 0 Å². The summed E-state index contributed by atoms with van der Waals surface area (Å²) in [7, 11) is 0. The van der Waals surface area contributed by atoms with Crippen molar-refractivity contribution in [1.29, 1.82) is 0 Å². The summed E-state index contributed by atoms with van der Waals surface area (Å²) in [5, 5.41) is 10.4. The van der Waals surface area contributed by atoms with Crippen molar-refractivity contribution in [2.75, 3.05) is 11.9 Å². The molecule has 0 unspecified atom stereocenters. The Morgan fingerprint density at radius 1 is 1.52 bits per heavy atom. The topological polar surface area (TPSA) is 84.7 Å². The van der Waals surface area contributed by atoms with Crippen LogP contribution < -0.4 is 10.6 Å². The predicted molar refractivity (Wildman–Crippen MR) is 82.9 cm³/mol. The SMILES string of the molecule is CCCn1cnc(NC(=O)NCCc2nc(C)c(Cl)s2)n1. The first-order chi connectivity index (χ1) is 10.1. The van der Waals surface area contributed by atoms with Crippen molar-refractivity contribution in [3.63, 3.8) is 0 Å². The summed E-state index contributed by atoms with van der Waals surface area (Å²) in [6.07, 6.45) is 3.20. The van der Waals surface area contributed by atoms with Crippen LogP contribution in [0.1, 0.15) is 24.0 Å². The molecule has 2 aromatic rings. The number of urea groups is 1. The van der Waals surface area contributed by atoms with Crippen molar-refractivity contribution in [3.8, 4) is 0 Å². The first-order valence-corrected chi connectivity index (χ1v) is 7.84. The first kappa shape index (κ1) is 15.7. The van der Waals surface area contributed by atoms with E-state index in [-0.39, 0.29) is 6.03 Å². The number of carbonyl (C=O) groups is 1. The third-order valence-corrected chi connectivity index (χ3v) is 4.13. The van der Waals surface area contributed by atoms with E-state index in [0.29, 0.717) is 23.3 Å². The number of aryl methyl sites for hydroxylation is 2. The van der Waals surface area contributed by atoms with Crippen LogP contribution in [0, 0.1) is 6.92 Å². The molecule has 0 bridgehead atoms. The lowest BCUT2D eigenvalue weighted by Gasteiger charge is -2.03. The zero-order valence-corrected chi connectivity index (χ0v) is 13.5. The van der Waals surface area contributed by atoms with Gasteiger partial charge >= 0.3 is 6.03 Å². The summed E-state index contributed by atoms with van der Waals surface area (Å²) in [6.45, 7) is 5.17. The van der Waals surface area contributed by atoms with Crippen LogP contribution in [0.5, 0.6) is 0 Å². The van der Waals surface area contributed by atoms with Gasteiger partial charge in [0.1, 0.15) is 10.7 Å². The average molecular weight is 329 g/mol. The minimum atomic E-state index is -0.330. The Morgan fingerprint density at radius 3 is 3.00 bits per heavy atom. The van der Waals surface area contributed by atoms with E-state index in [4.69, 9.17) is 11.6 Å². The molecule has 7 nitrogen and oxygen atoms in total. The van der Waals surface area contributed by atoms with Crippen molar-refractivity contribution in [2.24, 2.45) is 0 Å². The van der Waals surface area contributed by atoms with Gasteiger partial charge in [-0.15, -0.1) is 16.4 Å². The Hall–Kier alpha value is -1.67. The largest absolute Gasteiger partial charge is 0.337 e. The van der Waals surface area contributed by atoms with Gasteiger partial charge in [0.05, 0.1) is 10.7 Å². The van der Waals surface area contributed by atoms with E-state index in [1.807, 2.05) is 13.8 Å². The summed E-state index contributed by atoms with van der Waals surface area (Å²) in [5.41, 5.74) is 0.826. The predicted octanol–water partition coefficient (Wildman–Crippen LogP) is 2.47. The van der Waals surface area contributed by atoms with Crippen LogP contribution in [0.3, 0.4) is 0 Å². The Balaban J connectivity index is 1.74. The molecule has 2 rings (SSSR count). The molecule has 0 aliphatic rings. The molecule has 2 N–H and O–H groups in total. The van der Waals surface area contributed by atoms with Crippen LogP contribution in [-0.2, 0) is 13.0 Å². The maximum Gasteiger partial charge on any atom is 0.321 e. The van der Waals surface area contributed by atoms with Crippen LogP contribution in [-0.4, -0.2) is 32.3 Å². The standard InChI is InChI=1S/C12H17ClN6OS/c1-3-6-19-7-15-11(18-19)17-12(20)14-5-4-9-16-8(2)10(13)21-9/h7H,3-6H2,1-2H3,(H2,14,17,18,20). The number of amides is 2. The highest BCUT2D eigenvalue weighted by Gasteiger charge is 2.08. The van der Waals surface area contributed by atoms with Gasteiger partial charge < -0.3 is 5.32 Å². The molecule has 2 aromatic heterocycles. The molecule has 0 saturated carbocycles. The zero-order valence-electron chi connectivity index (χ0n) is 11.9. The molecule has 0 fully saturated rings. The van der Waals surface area contributed by atoms with E-state index in [1.54, 1.807) is 11.0 Å². The molecule has 0 saturated heterocycles. The molecule has 21 heavy (non-hydrogen) atoms. The second-order valence-electron chi connectivity index (χ2n) is 4.43. The molecule has 0 radical (unpaired) electrons. The van der Waals surface area contributed by atoms with Crippen molar-refractivity contribution in [3.05, 3.63) is 21.4 Å². The molecule has 0 aliphatic carbocycles. The van der Waals surface area contributed by atoms with Crippen molar-refractivity contribution in [1.82, 2.24) is 25.1 Å². The first-order valence-electron chi connectivity index (χ1n) is 6.64. The maximum absolute atomic E-state index is 11.7. The van der Waals surface area contributed by atoms with Crippen molar-refractivity contribution < 1.29 is 4.79 Å². The molecule has 2 amide bonds. The van der Waals surface area contributed by atoms with E-state index in [2.05, 4.69) is 25.7 Å². The highest BCUT2D eigenvalue weighted by molar-refractivity contribution is 7.16. The number of nitrogens with zero attached hydrogens (tertiary/aromatic N) is 4. The van der Waals surface area contributed by atoms with Gasteiger partial charge in [-0.05, 0) is 13.3 Å². The summed E-state index contributed by atoms with van der Waals surface area (Å²) in [4.78, 5) is 20.0. The Kier molecular flexibility index (Phi) is 5.51. The molecule has 114 valence electrons. The lowest BCUT2D eigenvalue weighted by atomic mass is 10.4. The van der Waals surface area contributed by atoms with E-state index in [1.165, 1.54) is 11.3 Å². The van der Waals surface area contributed by atoms with E-state index in [0.717, 1.165) is 23.7 Å². The van der Waals surface area contributed by atoms with Gasteiger partial charge in [-0.25, -0.2) is 14.8 Å². The van der Waals surface area contributed by atoms with Crippen LogP contribution in [0.15, 0.2) is 6.33 Å². The fraction of sp³-hybridized carbons (Fsp3) is 0.500. The number of aromatic nitrogens is 4. The van der Waals surface area contributed by atoms with Gasteiger partial charge in [-0.2, -0.15) is 0 Å².